The van der Waals surface area contributed by atoms with Crippen LogP contribution in [0.15, 0.2) is 60.2 Å². The van der Waals surface area contributed by atoms with E-state index in [2.05, 4.69) is 67.6 Å². The molecule has 1 fully saturated rings. The minimum absolute atomic E-state index is 0.247. The van der Waals surface area contributed by atoms with Crippen LogP contribution in [0.3, 0.4) is 0 Å². The number of halogens is 2. The Bertz CT molecular complexity index is 1160. The second kappa shape index (κ2) is 8.69. The molecule has 0 saturated heterocycles. The molecule has 4 heteroatoms. The molecule has 3 aromatic carbocycles. The Hall–Kier alpha value is -1.09. The number of rotatable bonds is 4. The molecule has 3 aromatic rings. The fraction of sp³-hybridized carbons (Fsp3) is 0.333. The van der Waals surface area contributed by atoms with Gasteiger partial charge in [-0.25, -0.2) is 0 Å². The zero-order chi connectivity index (χ0) is 21.6. The molecular weight excluding hydrogens is 457 g/mol. The van der Waals surface area contributed by atoms with Gasteiger partial charge in [0, 0.05) is 0 Å². The normalized spacial score (nSPS) is 19.5. The van der Waals surface area contributed by atoms with Gasteiger partial charge >= 0.3 is 198 Å². The van der Waals surface area contributed by atoms with E-state index in [1.807, 2.05) is 0 Å². The van der Waals surface area contributed by atoms with Crippen LogP contribution in [-0.4, -0.2) is 0 Å². The van der Waals surface area contributed by atoms with Crippen molar-refractivity contribution in [3.8, 4) is 0 Å². The van der Waals surface area contributed by atoms with Gasteiger partial charge in [0.15, 0.2) is 0 Å². The second-order valence-electron chi connectivity index (χ2n) is 9.30. The Labute approximate surface area is 197 Å². The van der Waals surface area contributed by atoms with Gasteiger partial charge in [-0.3, -0.25) is 0 Å². The number of benzene rings is 3. The number of fused-ring (bicyclic) bond motifs is 2. The summed E-state index contributed by atoms with van der Waals surface area (Å²) in [4.78, 5) is 0. The van der Waals surface area contributed by atoms with Crippen molar-refractivity contribution >= 4 is 35.5 Å². The summed E-state index contributed by atoms with van der Waals surface area (Å²) in [6, 6.07) is 20.0. The zero-order valence-electron chi connectivity index (χ0n) is 18.0. The van der Waals surface area contributed by atoms with Gasteiger partial charge in [-0.2, -0.15) is 0 Å². The van der Waals surface area contributed by atoms with Crippen LogP contribution in [0.2, 0.25) is 0 Å². The molecule has 0 spiro atoms. The van der Waals surface area contributed by atoms with Crippen LogP contribution in [0, 0.1) is 0 Å². The molecule has 0 aromatic heterocycles. The molecule has 31 heavy (non-hydrogen) atoms. The molecule has 2 aliphatic carbocycles. The van der Waals surface area contributed by atoms with Crippen molar-refractivity contribution in [2.75, 3.05) is 0 Å². The first-order chi connectivity index (χ1) is 14.9. The third-order valence-corrected chi connectivity index (χ3v) is 9.51. The average molecular weight is 486 g/mol. The quantitative estimate of drug-likeness (QED) is 0.369. The van der Waals surface area contributed by atoms with Gasteiger partial charge in [-0.1, -0.05) is 0 Å². The summed E-state index contributed by atoms with van der Waals surface area (Å²) in [5.41, 5.74) is 8.26. The molecule has 1 nitrogen and oxygen atoms in total. The molecule has 0 bridgehead atoms. The van der Waals surface area contributed by atoms with Crippen molar-refractivity contribution in [2.45, 2.75) is 55.6 Å². The Balaban J connectivity index is 1.80. The maximum absolute atomic E-state index is 6.66. The van der Waals surface area contributed by atoms with E-state index in [1.165, 1.54) is 76.3 Å². The maximum atomic E-state index is 6.66. The van der Waals surface area contributed by atoms with Crippen LogP contribution in [0.25, 0.3) is 16.8 Å². The molecule has 0 amide bonds. The summed E-state index contributed by atoms with van der Waals surface area (Å²) in [7, 11) is 13.3. The van der Waals surface area contributed by atoms with Crippen LogP contribution in [0.5, 0.6) is 0 Å². The summed E-state index contributed by atoms with van der Waals surface area (Å²) in [6.45, 7) is 2.25. The summed E-state index contributed by atoms with van der Waals surface area (Å²) in [5, 5.41) is 2.68. The molecule has 0 heterocycles. The zero-order valence-corrected chi connectivity index (χ0v) is 21.1. The van der Waals surface area contributed by atoms with Gasteiger partial charge in [0.05, 0.1) is 0 Å². The predicted octanol–water partition coefficient (Wildman–Crippen LogP) is 8.27. The van der Waals surface area contributed by atoms with E-state index in [0.29, 0.717) is 10.6 Å². The third-order valence-electron chi connectivity index (χ3n) is 7.12. The fourth-order valence-electron chi connectivity index (χ4n) is 5.88. The van der Waals surface area contributed by atoms with Gasteiger partial charge in [0.25, 0.3) is 0 Å². The Kier molecular flexibility index (Phi) is 6.10. The molecular formula is C27H29Cl2NTi. The molecule has 5 rings (SSSR count). The van der Waals surface area contributed by atoms with Crippen LogP contribution < -0.4 is 4.22 Å². The molecule has 1 atom stereocenters. The van der Waals surface area contributed by atoms with E-state index >= 15 is 0 Å². The van der Waals surface area contributed by atoms with Crippen molar-refractivity contribution in [3.05, 3.63) is 88.0 Å². The van der Waals surface area contributed by atoms with Gasteiger partial charge < -0.3 is 0 Å². The van der Waals surface area contributed by atoms with Crippen LogP contribution in [0.1, 0.15) is 78.7 Å². The average Bonchev–Trinajstić information content (AvgIpc) is 3.08. The number of nitrogens with two attached hydrogens (primary N) is 1. The van der Waals surface area contributed by atoms with Crippen molar-refractivity contribution in [1.29, 1.82) is 0 Å². The number of allylic oxidation sites excluding steroid dienone is 1. The van der Waals surface area contributed by atoms with Crippen LogP contribution in [-0.2, 0) is 19.4 Å². The van der Waals surface area contributed by atoms with Crippen molar-refractivity contribution in [3.63, 3.8) is 0 Å². The monoisotopic (exact) mass is 485 g/mol. The first-order valence-corrected chi connectivity index (χ1v) is 17.7. The molecule has 1 saturated carbocycles. The number of hydrogen-bond acceptors (Lipinski definition) is 1. The molecule has 0 aliphatic heterocycles. The summed E-state index contributed by atoms with van der Waals surface area (Å²) in [6.07, 6.45) is 8.75. The SMILES string of the molecule is CC1=Cc2ccccc2C1c1cc2ccccc2c(C2CCCCC2)c1[CH2][Ti]([NH2])([Cl])[Cl]. The molecule has 2 aliphatic rings. The second-order valence-corrected chi connectivity index (χ2v) is 18.6. The number of hydrogen-bond donors (Lipinski definition) is 1. The van der Waals surface area contributed by atoms with E-state index in [0.717, 1.165) is 0 Å². The third kappa shape index (κ3) is 4.28. The predicted molar refractivity (Wildman–Crippen MR) is 131 cm³/mol. The van der Waals surface area contributed by atoms with E-state index in [4.69, 9.17) is 22.8 Å². The van der Waals surface area contributed by atoms with Gasteiger partial charge in [-0.05, 0) is 0 Å². The van der Waals surface area contributed by atoms with Crippen molar-refractivity contribution in [1.82, 2.24) is 0 Å². The van der Waals surface area contributed by atoms with Crippen LogP contribution >= 0.6 is 18.6 Å². The van der Waals surface area contributed by atoms with Gasteiger partial charge in [0.1, 0.15) is 0 Å². The van der Waals surface area contributed by atoms with E-state index in [-0.39, 0.29) is 5.92 Å². The molecule has 2 N–H and O–H groups in total. The summed E-state index contributed by atoms with van der Waals surface area (Å²) >= 11 is -3.40. The molecule has 1 unspecified atom stereocenters. The van der Waals surface area contributed by atoms with Crippen molar-refractivity contribution < 1.29 is 14.7 Å². The Morgan fingerprint density at radius 1 is 0.935 bits per heavy atom. The Morgan fingerprint density at radius 2 is 1.65 bits per heavy atom. The van der Waals surface area contributed by atoms with E-state index in [1.54, 1.807) is 0 Å². The van der Waals surface area contributed by atoms with Crippen molar-refractivity contribution in [2.24, 2.45) is 4.22 Å². The molecule has 160 valence electrons. The summed E-state index contributed by atoms with van der Waals surface area (Å²) in [5.74, 6) is 0.809. The summed E-state index contributed by atoms with van der Waals surface area (Å²) < 4.78 is 7.05. The van der Waals surface area contributed by atoms with Crippen LogP contribution in [0.4, 0.5) is 0 Å². The first kappa shape index (κ1) is 21.7. The van der Waals surface area contributed by atoms with Gasteiger partial charge in [0.2, 0.25) is 0 Å². The minimum atomic E-state index is -3.40. The molecule has 0 radical (unpaired) electrons. The van der Waals surface area contributed by atoms with E-state index < -0.39 is 14.7 Å². The first-order valence-electron chi connectivity index (χ1n) is 11.4. The topological polar surface area (TPSA) is 26.0 Å². The standard InChI is InChI=1S/C27H27.2ClH.H2N.Ti/c1-18-16-21-12-6-8-14-23(21)26(18)25-17-22-13-7-9-15-24(22)27(19(25)2)20-10-4-3-5-11-20;;;;/h6-9,12-17,20,26H,2-5,10-11H2,1H3;2*1H;1H2;/q;;;-1;+3/p-2. The fourth-order valence-corrected chi connectivity index (χ4v) is 8.34. The van der Waals surface area contributed by atoms with Gasteiger partial charge in [-0.15, -0.1) is 0 Å². The van der Waals surface area contributed by atoms with E-state index in [9.17, 15) is 0 Å². The Morgan fingerprint density at radius 3 is 2.42 bits per heavy atom.